The fraction of sp³-hybridized carbons (Fsp3) is 0.438. The van der Waals surface area contributed by atoms with Crippen LogP contribution in [0.3, 0.4) is 0 Å². The zero-order chi connectivity index (χ0) is 34.4. The number of alkyl carbamates (subject to hydrolysis) is 1. The number of ether oxygens (including phenoxy) is 3. The summed E-state index contributed by atoms with van der Waals surface area (Å²) in [5.41, 5.74) is 5.18. The molecule has 4 N–H and O–H groups in total. The van der Waals surface area contributed by atoms with E-state index < -0.39 is 28.0 Å². The summed E-state index contributed by atoms with van der Waals surface area (Å²) in [5.74, 6) is 1.12. The lowest BCUT2D eigenvalue weighted by Gasteiger charge is -2.23. The van der Waals surface area contributed by atoms with Crippen molar-refractivity contribution in [2.24, 2.45) is 11.7 Å². The number of carbonyl (C=O) groups is 2. The summed E-state index contributed by atoms with van der Waals surface area (Å²) in [5, 5.41) is 5.81. The molecular formula is C32H43F2N5O6S. The zero-order valence-electron chi connectivity index (χ0n) is 27.2. The van der Waals surface area contributed by atoms with Crippen molar-refractivity contribution in [3.8, 4) is 22.8 Å². The molecular weight excluding hydrogens is 620 g/mol. The number of halogens is 2. The molecule has 0 fully saturated rings. The third-order valence-electron chi connectivity index (χ3n) is 6.12. The molecule has 0 radical (unpaired) electrons. The van der Waals surface area contributed by atoms with Crippen molar-refractivity contribution in [3.05, 3.63) is 59.8 Å². The maximum absolute atomic E-state index is 14.6. The van der Waals surface area contributed by atoms with Crippen LogP contribution >= 0.6 is 0 Å². The second-order valence-electron chi connectivity index (χ2n) is 11.6. The van der Waals surface area contributed by atoms with Crippen molar-refractivity contribution in [2.45, 2.75) is 65.4 Å². The van der Waals surface area contributed by atoms with E-state index in [9.17, 15) is 17.8 Å². The number of nitrogens with one attached hydrogen (secondary N) is 2. The Morgan fingerprint density at radius 2 is 1.78 bits per heavy atom. The van der Waals surface area contributed by atoms with E-state index in [-0.39, 0.29) is 36.5 Å². The van der Waals surface area contributed by atoms with Crippen LogP contribution in [0.15, 0.2) is 42.6 Å². The van der Waals surface area contributed by atoms with Gasteiger partial charge in [0.05, 0.1) is 19.4 Å². The second-order valence-corrected chi connectivity index (χ2v) is 13.0. The number of pyridine rings is 2. The third-order valence-corrected chi connectivity index (χ3v) is 6.86. The first-order valence-electron chi connectivity index (χ1n) is 14.6. The van der Waals surface area contributed by atoms with Crippen molar-refractivity contribution in [1.29, 1.82) is 0 Å². The number of carbonyl (C=O) groups excluding carboxylic acids is 2. The summed E-state index contributed by atoms with van der Waals surface area (Å²) in [6, 6.07) is 9.09. The van der Waals surface area contributed by atoms with Gasteiger partial charge in [0.25, 0.3) is 0 Å². The van der Waals surface area contributed by atoms with Crippen molar-refractivity contribution >= 4 is 34.9 Å². The standard InChI is InChI=1S/C21H19F2N3O3S.C10H21NO2.CH3NO/c1-30(27)12-13-7-20-25-19-10-16(17(23)11-24-19)15-4-3-14(22)9-18(15)28-5-2-6-29-21(8-13)26-20;1-7(2)8(3)11-9(12)13-10(4,5)6;2-1-3/h3-4,7-11H,2,5-6,12H2,1H3,(H,24,25,26);7-8H,1-6H3,(H,11,12);1H,(H2,2,3). The fourth-order valence-corrected chi connectivity index (χ4v) is 4.41. The predicted octanol–water partition coefficient (Wildman–Crippen LogP) is 5.86. The summed E-state index contributed by atoms with van der Waals surface area (Å²) in [6.45, 7) is 12.2. The highest BCUT2D eigenvalue weighted by Crippen LogP contribution is 2.34. The maximum Gasteiger partial charge on any atom is 0.407 e. The van der Waals surface area contributed by atoms with Gasteiger partial charge in [0.2, 0.25) is 12.3 Å². The lowest BCUT2D eigenvalue weighted by atomic mass is 10.0. The van der Waals surface area contributed by atoms with Gasteiger partial charge in [0.15, 0.2) is 0 Å². The number of fused-ring (bicyclic) bond motifs is 6. The molecule has 2 amide bonds. The van der Waals surface area contributed by atoms with E-state index in [4.69, 9.17) is 19.0 Å². The molecule has 3 aromatic rings. The van der Waals surface area contributed by atoms with Crippen LogP contribution in [-0.4, -0.2) is 57.8 Å². The fourth-order valence-electron chi connectivity index (χ4n) is 3.78. The highest BCUT2D eigenvalue weighted by atomic mass is 32.2. The molecule has 252 valence electrons. The van der Waals surface area contributed by atoms with Crippen LogP contribution < -0.4 is 25.8 Å². The highest BCUT2D eigenvalue weighted by molar-refractivity contribution is 7.83. The molecule has 2 aromatic heterocycles. The number of aromatic nitrogens is 2. The topological polar surface area (TPSA) is 155 Å². The molecule has 1 aliphatic heterocycles. The molecule has 46 heavy (non-hydrogen) atoms. The summed E-state index contributed by atoms with van der Waals surface area (Å²) in [4.78, 5) is 28.3. The van der Waals surface area contributed by atoms with Crippen molar-refractivity contribution in [3.63, 3.8) is 0 Å². The first-order chi connectivity index (χ1) is 21.6. The van der Waals surface area contributed by atoms with Gasteiger partial charge >= 0.3 is 6.09 Å². The van der Waals surface area contributed by atoms with Crippen LogP contribution in [-0.2, 0) is 26.1 Å². The lowest BCUT2D eigenvalue weighted by Crippen LogP contribution is -2.39. The zero-order valence-corrected chi connectivity index (χ0v) is 28.0. The molecule has 0 saturated carbocycles. The van der Waals surface area contributed by atoms with E-state index in [1.165, 1.54) is 24.3 Å². The minimum atomic E-state index is -1.04. The summed E-state index contributed by atoms with van der Waals surface area (Å²) < 4.78 is 56.5. The Bertz CT molecular complexity index is 1490. The summed E-state index contributed by atoms with van der Waals surface area (Å²) in [7, 11) is -1.04. The van der Waals surface area contributed by atoms with Crippen molar-refractivity contribution in [1.82, 2.24) is 15.3 Å². The first-order valence-corrected chi connectivity index (χ1v) is 16.3. The Morgan fingerprint density at radius 1 is 1.11 bits per heavy atom. The Kier molecular flexibility index (Phi) is 14.8. The summed E-state index contributed by atoms with van der Waals surface area (Å²) >= 11 is 0. The van der Waals surface area contributed by atoms with E-state index in [1.807, 2.05) is 27.7 Å². The number of amides is 2. The van der Waals surface area contributed by atoms with Crippen LogP contribution in [0.25, 0.3) is 11.1 Å². The van der Waals surface area contributed by atoms with Crippen molar-refractivity contribution in [2.75, 3.05) is 24.8 Å². The lowest BCUT2D eigenvalue weighted by molar-refractivity contribution is -0.106. The van der Waals surface area contributed by atoms with Gasteiger partial charge < -0.3 is 30.6 Å². The highest BCUT2D eigenvalue weighted by Gasteiger charge is 2.19. The van der Waals surface area contributed by atoms with Gasteiger partial charge in [-0.2, -0.15) is 4.98 Å². The monoisotopic (exact) mass is 663 g/mol. The molecule has 0 spiro atoms. The van der Waals surface area contributed by atoms with Gasteiger partial charge in [0, 0.05) is 58.5 Å². The van der Waals surface area contributed by atoms with Gasteiger partial charge in [-0.25, -0.2) is 18.6 Å². The molecule has 4 bridgehead atoms. The molecule has 1 aromatic carbocycles. The van der Waals surface area contributed by atoms with Crippen LogP contribution in [0.4, 0.5) is 25.2 Å². The van der Waals surface area contributed by atoms with E-state index >= 15 is 0 Å². The molecule has 2 atom stereocenters. The number of primary amides is 1. The third kappa shape index (κ3) is 13.3. The Morgan fingerprint density at radius 3 is 2.41 bits per heavy atom. The molecule has 3 heterocycles. The van der Waals surface area contributed by atoms with Crippen LogP contribution in [0, 0.1) is 17.6 Å². The minimum absolute atomic E-state index is 0.148. The average Bonchev–Trinajstić information content (AvgIpc) is 2.93. The largest absolute Gasteiger partial charge is 0.493 e. The molecule has 4 rings (SSSR count). The molecule has 11 nitrogen and oxygen atoms in total. The van der Waals surface area contributed by atoms with E-state index in [1.54, 1.807) is 18.4 Å². The number of anilines is 2. The molecule has 0 aliphatic carbocycles. The Labute approximate surface area is 271 Å². The first kappa shape index (κ1) is 37.9. The summed E-state index contributed by atoms with van der Waals surface area (Å²) in [6.07, 6.45) is 3.12. The van der Waals surface area contributed by atoms with Gasteiger partial charge in [-0.1, -0.05) is 13.8 Å². The van der Waals surface area contributed by atoms with Crippen LogP contribution in [0.2, 0.25) is 0 Å². The van der Waals surface area contributed by atoms with Gasteiger partial charge in [-0.05, 0) is 63.4 Å². The number of hydrogen-bond donors (Lipinski definition) is 3. The number of rotatable bonds is 4. The van der Waals surface area contributed by atoms with Gasteiger partial charge in [-0.3, -0.25) is 9.00 Å². The SMILES string of the molecule is CC(C)C(C)NC(=O)OC(C)(C)C.CS(=O)Cc1cc2nc(c1)OCCCOc1cc(F)ccc1-c1cc(ncc1F)N2.NC=O. The molecule has 1 aliphatic rings. The van der Waals surface area contributed by atoms with E-state index in [2.05, 4.69) is 40.2 Å². The smallest absolute Gasteiger partial charge is 0.407 e. The quantitative estimate of drug-likeness (QED) is 0.291. The van der Waals surface area contributed by atoms with Crippen molar-refractivity contribution < 1.29 is 36.8 Å². The number of hydrogen-bond acceptors (Lipinski definition) is 9. The second kappa shape index (κ2) is 18.0. The van der Waals surface area contributed by atoms with E-state index in [0.717, 1.165) is 11.8 Å². The van der Waals surface area contributed by atoms with Gasteiger partial charge in [0.1, 0.15) is 34.6 Å². The molecule has 14 heteroatoms. The predicted molar refractivity (Wildman–Crippen MR) is 174 cm³/mol. The van der Waals surface area contributed by atoms with Crippen LogP contribution in [0.5, 0.6) is 11.6 Å². The van der Waals surface area contributed by atoms with E-state index in [0.29, 0.717) is 47.8 Å². The van der Waals surface area contributed by atoms with Gasteiger partial charge in [-0.15, -0.1) is 0 Å². The van der Waals surface area contributed by atoms with Crippen LogP contribution in [0.1, 0.15) is 53.5 Å². The average molecular weight is 664 g/mol. The molecule has 2 unspecified atom stereocenters. The number of nitrogens with two attached hydrogens (primary N) is 1. The minimum Gasteiger partial charge on any atom is -0.493 e. The Balaban J connectivity index is 0.000000387. The normalized spacial score (nSPS) is 13.6. The maximum atomic E-state index is 14.6. The molecule has 0 saturated heterocycles. The number of nitrogens with zero attached hydrogens (tertiary/aromatic N) is 2. The number of benzene rings is 1. The Hall–Kier alpha value is -4.33.